The van der Waals surface area contributed by atoms with Crippen molar-refractivity contribution < 1.29 is 13.2 Å². The third kappa shape index (κ3) is 5.26. The van der Waals surface area contributed by atoms with Gasteiger partial charge in [0.05, 0.1) is 5.02 Å². The summed E-state index contributed by atoms with van der Waals surface area (Å²) < 4.78 is 27.9. The lowest BCUT2D eigenvalue weighted by atomic mass is 10.1. The molecule has 1 N–H and O–H groups in total. The van der Waals surface area contributed by atoms with Gasteiger partial charge in [-0.25, -0.2) is 18.1 Å². The van der Waals surface area contributed by atoms with Gasteiger partial charge in [0.2, 0.25) is 10.0 Å². The molecule has 1 aliphatic rings. The second-order valence-electron chi connectivity index (χ2n) is 7.97. The van der Waals surface area contributed by atoms with Crippen LogP contribution in [-0.4, -0.2) is 55.9 Å². The molecule has 29 heavy (non-hydrogen) atoms. The van der Waals surface area contributed by atoms with Crippen molar-refractivity contribution in [2.45, 2.75) is 31.2 Å². The molecule has 2 heterocycles. The number of halogens is 1. The van der Waals surface area contributed by atoms with Crippen LogP contribution in [0.5, 0.6) is 0 Å². The van der Waals surface area contributed by atoms with Gasteiger partial charge in [0.15, 0.2) is 0 Å². The smallest absolute Gasteiger partial charge is 0.254 e. The van der Waals surface area contributed by atoms with Gasteiger partial charge in [-0.2, -0.15) is 0 Å². The van der Waals surface area contributed by atoms with Gasteiger partial charge in [-0.3, -0.25) is 4.79 Å². The largest absolute Gasteiger partial charge is 0.353 e. The van der Waals surface area contributed by atoms with Crippen LogP contribution in [0.1, 0.15) is 31.1 Å². The van der Waals surface area contributed by atoms with Crippen molar-refractivity contribution in [3.63, 3.8) is 0 Å². The van der Waals surface area contributed by atoms with Gasteiger partial charge >= 0.3 is 0 Å². The first-order chi connectivity index (χ1) is 13.6. The molecule has 0 unspecified atom stereocenters. The normalized spacial score (nSPS) is 15.4. The first kappa shape index (κ1) is 21.5. The maximum Gasteiger partial charge on any atom is 0.254 e. The monoisotopic (exact) mass is 436 g/mol. The predicted molar refractivity (Wildman–Crippen MR) is 114 cm³/mol. The quantitative estimate of drug-likeness (QED) is 0.796. The number of aromatic nitrogens is 1. The molecule has 2 aromatic rings. The van der Waals surface area contributed by atoms with Gasteiger partial charge < -0.3 is 9.80 Å². The van der Waals surface area contributed by atoms with Gasteiger partial charge in [-0.1, -0.05) is 17.7 Å². The summed E-state index contributed by atoms with van der Waals surface area (Å²) in [6.45, 7) is 7.61. The fourth-order valence-corrected chi connectivity index (χ4v) is 5.11. The summed E-state index contributed by atoms with van der Waals surface area (Å²) >= 11 is 6.13. The number of carbonyl (C=O) groups is 1. The predicted octanol–water partition coefficient (Wildman–Crippen LogP) is 2.77. The zero-order valence-corrected chi connectivity index (χ0v) is 18.3. The summed E-state index contributed by atoms with van der Waals surface area (Å²) in [6.07, 6.45) is 1.74. The van der Waals surface area contributed by atoms with E-state index in [1.165, 1.54) is 12.1 Å². The number of rotatable bonds is 4. The van der Waals surface area contributed by atoms with Crippen LogP contribution in [-0.2, 0) is 10.0 Å². The molecule has 1 amide bonds. The summed E-state index contributed by atoms with van der Waals surface area (Å²) in [5, 5.41) is 0.0817. The highest BCUT2D eigenvalue weighted by molar-refractivity contribution is 7.89. The van der Waals surface area contributed by atoms with Crippen molar-refractivity contribution in [3.05, 3.63) is 53.2 Å². The first-order valence-electron chi connectivity index (χ1n) is 9.36. The molecule has 0 atom stereocenters. The molecular formula is C20H25ClN4O3S. The van der Waals surface area contributed by atoms with E-state index in [-0.39, 0.29) is 15.8 Å². The standard InChI is InChI=1S/C20H25ClN4O3S/c1-20(2,3)23-29(27,28)17-14-15(7-8-16(17)21)19(26)25-12-10-24(11-13-25)18-6-4-5-9-22-18/h4-9,14,23H,10-13H2,1-3H3. The minimum Gasteiger partial charge on any atom is -0.353 e. The van der Waals surface area contributed by atoms with Crippen molar-refractivity contribution in [2.75, 3.05) is 31.1 Å². The van der Waals surface area contributed by atoms with E-state index in [2.05, 4.69) is 14.6 Å². The number of anilines is 1. The van der Waals surface area contributed by atoms with Gasteiger partial charge in [0, 0.05) is 43.5 Å². The number of carbonyl (C=O) groups excluding carboxylic acids is 1. The topological polar surface area (TPSA) is 82.6 Å². The number of pyridine rings is 1. The Balaban J connectivity index is 1.75. The van der Waals surface area contributed by atoms with Gasteiger partial charge in [-0.15, -0.1) is 0 Å². The molecule has 0 spiro atoms. The SMILES string of the molecule is CC(C)(C)NS(=O)(=O)c1cc(C(=O)N2CCN(c3ccccn3)CC2)ccc1Cl. The summed E-state index contributed by atoms with van der Waals surface area (Å²) in [5.74, 6) is 0.669. The third-order valence-electron chi connectivity index (χ3n) is 4.45. The summed E-state index contributed by atoms with van der Waals surface area (Å²) in [5.41, 5.74) is -0.362. The molecule has 0 radical (unpaired) electrons. The molecule has 0 bridgehead atoms. The number of hydrogen-bond acceptors (Lipinski definition) is 5. The number of nitrogens with zero attached hydrogens (tertiary/aromatic N) is 3. The van der Waals surface area contributed by atoms with Crippen LogP contribution in [0.3, 0.4) is 0 Å². The lowest BCUT2D eigenvalue weighted by Gasteiger charge is -2.35. The number of hydrogen-bond donors (Lipinski definition) is 1. The summed E-state index contributed by atoms with van der Waals surface area (Å²) in [6, 6.07) is 10.1. The number of sulfonamides is 1. The Morgan fingerprint density at radius 2 is 1.79 bits per heavy atom. The van der Waals surface area contributed by atoms with Crippen LogP contribution < -0.4 is 9.62 Å². The van der Waals surface area contributed by atoms with Crippen molar-refractivity contribution in [1.29, 1.82) is 0 Å². The molecule has 7 nitrogen and oxygen atoms in total. The highest BCUT2D eigenvalue weighted by Gasteiger charge is 2.27. The molecule has 1 fully saturated rings. The minimum absolute atomic E-state index is 0.0817. The fourth-order valence-electron chi connectivity index (χ4n) is 3.16. The zero-order chi connectivity index (χ0) is 21.2. The van der Waals surface area contributed by atoms with E-state index in [4.69, 9.17) is 11.6 Å². The van der Waals surface area contributed by atoms with Gasteiger partial charge in [0.25, 0.3) is 5.91 Å². The highest BCUT2D eigenvalue weighted by Crippen LogP contribution is 2.25. The van der Waals surface area contributed by atoms with E-state index in [0.717, 1.165) is 5.82 Å². The van der Waals surface area contributed by atoms with E-state index in [9.17, 15) is 13.2 Å². The van der Waals surface area contributed by atoms with Crippen molar-refractivity contribution >= 4 is 33.3 Å². The second-order valence-corrected chi connectivity index (χ2v) is 10.0. The molecular weight excluding hydrogens is 412 g/mol. The summed E-state index contributed by atoms with van der Waals surface area (Å²) in [4.78, 5) is 21.0. The average Bonchev–Trinajstić information content (AvgIpc) is 2.67. The van der Waals surface area contributed by atoms with Crippen molar-refractivity contribution in [1.82, 2.24) is 14.6 Å². The Bertz CT molecular complexity index is 983. The van der Waals surface area contributed by atoms with Crippen LogP contribution >= 0.6 is 11.6 Å². The van der Waals surface area contributed by atoms with E-state index < -0.39 is 15.6 Å². The van der Waals surface area contributed by atoms with Crippen LogP contribution in [0, 0.1) is 0 Å². The second kappa shape index (κ2) is 8.30. The lowest BCUT2D eigenvalue weighted by molar-refractivity contribution is 0.0746. The Hall–Kier alpha value is -2.16. The molecule has 3 rings (SSSR count). The first-order valence-corrected chi connectivity index (χ1v) is 11.2. The Labute approximate surface area is 176 Å². The van der Waals surface area contributed by atoms with Crippen LogP contribution in [0.2, 0.25) is 5.02 Å². The van der Waals surface area contributed by atoms with E-state index in [0.29, 0.717) is 31.7 Å². The fraction of sp³-hybridized carbons (Fsp3) is 0.400. The maximum atomic E-state index is 13.0. The van der Waals surface area contributed by atoms with Crippen molar-refractivity contribution in [2.24, 2.45) is 0 Å². The highest BCUT2D eigenvalue weighted by atomic mass is 35.5. The molecule has 156 valence electrons. The van der Waals surface area contributed by atoms with Gasteiger partial charge in [0.1, 0.15) is 10.7 Å². The zero-order valence-electron chi connectivity index (χ0n) is 16.7. The molecule has 1 aliphatic heterocycles. The molecule has 0 saturated carbocycles. The Morgan fingerprint density at radius 3 is 2.38 bits per heavy atom. The third-order valence-corrected chi connectivity index (χ3v) is 6.69. The minimum atomic E-state index is -3.85. The number of nitrogens with one attached hydrogen (secondary N) is 1. The van der Waals surface area contributed by atoms with Crippen LogP contribution in [0.25, 0.3) is 0 Å². The number of amides is 1. The number of benzene rings is 1. The van der Waals surface area contributed by atoms with Gasteiger partial charge in [-0.05, 0) is 51.1 Å². The summed E-state index contributed by atoms with van der Waals surface area (Å²) in [7, 11) is -3.85. The Kier molecular flexibility index (Phi) is 6.16. The lowest BCUT2D eigenvalue weighted by Crippen LogP contribution is -2.49. The van der Waals surface area contributed by atoms with Crippen LogP contribution in [0.4, 0.5) is 5.82 Å². The van der Waals surface area contributed by atoms with Crippen LogP contribution in [0.15, 0.2) is 47.5 Å². The molecule has 9 heteroatoms. The molecule has 1 aromatic carbocycles. The number of piperazine rings is 1. The van der Waals surface area contributed by atoms with E-state index >= 15 is 0 Å². The van der Waals surface area contributed by atoms with E-state index in [1.54, 1.807) is 37.9 Å². The Morgan fingerprint density at radius 1 is 1.10 bits per heavy atom. The maximum absolute atomic E-state index is 13.0. The molecule has 0 aliphatic carbocycles. The molecule has 1 saturated heterocycles. The van der Waals surface area contributed by atoms with E-state index in [1.807, 2.05) is 18.2 Å². The van der Waals surface area contributed by atoms with Crippen molar-refractivity contribution in [3.8, 4) is 0 Å². The average molecular weight is 437 g/mol. The molecule has 1 aromatic heterocycles.